The molecule has 0 radical (unpaired) electrons. The predicted octanol–water partition coefficient (Wildman–Crippen LogP) is 2.67. The summed E-state index contributed by atoms with van der Waals surface area (Å²) in [5.74, 6) is 0.645. The maximum Gasteiger partial charge on any atom is 0.253 e. The summed E-state index contributed by atoms with van der Waals surface area (Å²) in [6.07, 6.45) is 2.79. The van der Waals surface area contributed by atoms with Gasteiger partial charge in [-0.25, -0.2) is 0 Å². The number of nitrogens with zero attached hydrogens (tertiary/aromatic N) is 2. The Kier molecular flexibility index (Phi) is 4.29. The third-order valence-electron chi connectivity index (χ3n) is 4.24. The number of amides is 2. The molecule has 2 saturated heterocycles. The van der Waals surface area contributed by atoms with Gasteiger partial charge in [-0.2, -0.15) is 0 Å². The molecule has 2 amide bonds. The maximum absolute atomic E-state index is 12.3. The number of carbonyl (C=O) groups is 2. The van der Waals surface area contributed by atoms with Gasteiger partial charge in [-0.3, -0.25) is 9.59 Å². The summed E-state index contributed by atoms with van der Waals surface area (Å²) < 4.78 is 0. The monoisotopic (exact) mass is 350 g/mol. The molecule has 2 fully saturated rings. The molecule has 0 bridgehead atoms. The predicted molar refractivity (Wildman–Crippen MR) is 85.8 cm³/mol. The Bertz CT molecular complexity index is 538. The summed E-state index contributed by atoms with van der Waals surface area (Å²) >= 11 is 3.44. The second-order valence-corrected chi connectivity index (χ2v) is 6.42. The van der Waals surface area contributed by atoms with Crippen LogP contribution in [0, 0.1) is 5.92 Å². The fraction of sp³-hybridized carbons (Fsp3) is 0.500. The molecule has 2 aliphatic rings. The highest BCUT2D eigenvalue weighted by Crippen LogP contribution is 2.26. The summed E-state index contributed by atoms with van der Waals surface area (Å²) in [7, 11) is 0. The van der Waals surface area contributed by atoms with E-state index >= 15 is 0 Å². The van der Waals surface area contributed by atoms with Crippen molar-refractivity contribution in [1.82, 2.24) is 4.90 Å². The molecule has 5 heteroatoms. The molecule has 21 heavy (non-hydrogen) atoms. The van der Waals surface area contributed by atoms with Gasteiger partial charge in [-0.15, -0.1) is 0 Å². The lowest BCUT2D eigenvalue weighted by molar-refractivity contribution is -0.117. The van der Waals surface area contributed by atoms with Gasteiger partial charge in [0.1, 0.15) is 0 Å². The summed E-state index contributed by atoms with van der Waals surface area (Å²) in [6.45, 7) is 2.47. The third-order valence-corrected chi connectivity index (χ3v) is 5.16. The van der Waals surface area contributed by atoms with Crippen LogP contribution in [-0.4, -0.2) is 41.7 Å². The first-order chi connectivity index (χ1) is 10.2. The first-order valence-electron chi connectivity index (χ1n) is 7.44. The number of anilines is 1. The van der Waals surface area contributed by atoms with Crippen molar-refractivity contribution >= 4 is 33.4 Å². The van der Waals surface area contributed by atoms with Gasteiger partial charge in [-0.05, 0) is 43.0 Å². The van der Waals surface area contributed by atoms with Gasteiger partial charge >= 0.3 is 0 Å². The van der Waals surface area contributed by atoms with Crippen LogP contribution >= 0.6 is 15.9 Å². The molecule has 2 heterocycles. The Morgan fingerprint density at radius 3 is 2.43 bits per heavy atom. The summed E-state index contributed by atoms with van der Waals surface area (Å²) in [5, 5.41) is 0.848. The minimum Gasteiger partial charge on any atom is -0.339 e. The van der Waals surface area contributed by atoms with Crippen LogP contribution in [0.4, 0.5) is 5.69 Å². The number of halogens is 1. The number of hydrogen-bond donors (Lipinski definition) is 0. The Morgan fingerprint density at radius 1 is 1.19 bits per heavy atom. The number of benzene rings is 1. The summed E-state index contributed by atoms with van der Waals surface area (Å²) in [5.41, 5.74) is 1.60. The van der Waals surface area contributed by atoms with Crippen LogP contribution in [0.3, 0.4) is 0 Å². The Morgan fingerprint density at radius 2 is 1.86 bits per heavy atom. The Balaban J connectivity index is 1.72. The van der Waals surface area contributed by atoms with Crippen LogP contribution in [0.2, 0.25) is 0 Å². The SMILES string of the molecule is O=C(c1ccc(N2CC(CBr)CC2=O)cc1)N1CCCC1. The van der Waals surface area contributed by atoms with Crippen molar-refractivity contribution in [3.05, 3.63) is 29.8 Å². The van der Waals surface area contributed by atoms with Crippen molar-refractivity contribution in [2.45, 2.75) is 19.3 Å². The highest BCUT2D eigenvalue weighted by molar-refractivity contribution is 9.09. The van der Waals surface area contributed by atoms with E-state index in [-0.39, 0.29) is 11.8 Å². The maximum atomic E-state index is 12.3. The molecule has 1 aromatic carbocycles. The van der Waals surface area contributed by atoms with Gasteiger partial charge in [0.05, 0.1) is 0 Å². The lowest BCUT2D eigenvalue weighted by atomic mass is 10.1. The molecule has 112 valence electrons. The van der Waals surface area contributed by atoms with Gasteiger partial charge < -0.3 is 9.80 Å². The van der Waals surface area contributed by atoms with Crippen LogP contribution in [0.25, 0.3) is 0 Å². The van der Waals surface area contributed by atoms with E-state index in [1.807, 2.05) is 34.1 Å². The molecular weight excluding hydrogens is 332 g/mol. The lowest BCUT2D eigenvalue weighted by Crippen LogP contribution is -2.28. The topological polar surface area (TPSA) is 40.6 Å². The first-order valence-corrected chi connectivity index (χ1v) is 8.57. The zero-order chi connectivity index (χ0) is 14.8. The molecule has 3 rings (SSSR count). The van der Waals surface area contributed by atoms with Crippen molar-refractivity contribution in [3.8, 4) is 0 Å². The molecule has 4 nitrogen and oxygen atoms in total. The van der Waals surface area contributed by atoms with Crippen molar-refractivity contribution in [2.75, 3.05) is 29.9 Å². The standard InChI is InChI=1S/C16H19BrN2O2/c17-10-12-9-15(20)19(11-12)14-5-3-13(4-6-14)16(21)18-7-1-2-8-18/h3-6,12H,1-2,7-11H2. The zero-order valence-corrected chi connectivity index (χ0v) is 13.5. The molecule has 2 aliphatic heterocycles. The molecular formula is C16H19BrN2O2. The third kappa shape index (κ3) is 2.98. The van der Waals surface area contributed by atoms with Crippen LogP contribution in [0.5, 0.6) is 0 Å². The van der Waals surface area contributed by atoms with E-state index in [1.54, 1.807) is 0 Å². The van der Waals surface area contributed by atoms with Crippen molar-refractivity contribution < 1.29 is 9.59 Å². The molecule has 0 aromatic heterocycles. The number of likely N-dealkylation sites (tertiary alicyclic amines) is 1. The quantitative estimate of drug-likeness (QED) is 0.786. The highest BCUT2D eigenvalue weighted by atomic mass is 79.9. The van der Waals surface area contributed by atoms with Crippen molar-refractivity contribution in [1.29, 1.82) is 0 Å². The van der Waals surface area contributed by atoms with Crippen LogP contribution in [0.1, 0.15) is 29.6 Å². The van der Waals surface area contributed by atoms with Gasteiger partial charge in [0.15, 0.2) is 0 Å². The zero-order valence-electron chi connectivity index (χ0n) is 11.9. The molecule has 0 aliphatic carbocycles. The van der Waals surface area contributed by atoms with Gasteiger partial charge in [0, 0.05) is 42.6 Å². The van der Waals surface area contributed by atoms with E-state index in [2.05, 4.69) is 15.9 Å². The lowest BCUT2D eigenvalue weighted by Gasteiger charge is -2.18. The fourth-order valence-electron chi connectivity index (χ4n) is 3.02. The van der Waals surface area contributed by atoms with Gasteiger partial charge in [0.2, 0.25) is 5.91 Å². The molecule has 1 aromatic rings. The molecule has 0 spiro atoms. The summed E-state index contributed by atoms with van der Waals surface area (Å²) in [4.78, 5) is 28.0. The van der Waals surface area contributed by atoms with Gasteiger partial charge in [0.25, 0.3) is 5.91 Å². The van der Waals surface area contributed by atoms with Crippen molar-refractivity contribution in [2.24, 2.45) is 5.92 Å². The second-order valence-electron chi connectivity index (χ2n) is 5.77. The number of rotatable bonds is 3. The fourth-order valence-corrected chi connectivity index (χ4v) is 3.45. The van der Waals surface area contributed by atoms with E-state index in [1.165, 1.54) is 0 Å². The van der Waals surface area contributed by atoms with Crippen LogP contribution in [0.15, 0.2) is 24.3 Å². The normalized spacial score (nSPS) is 22.1. The van der Waals surface area contributed by atoms with E-state index in [9.17, 15) is 9.59 Å². The number of carbonyl (C=O) groups excluding carboxylic acids is 2. The smallest absolute Gasteiger partial charge is 0.253 e. The second kappa shape index (κ2) is 6.18. The molecule has 0 N–H and O–H groups in total. The van der Waals surface area contributed by atoms with E-state index in [0.717, 1.165) is 43.5 Å². The van der Waals surface area contributed by atoms with E-state index < -0.39 is 0 Å². The Hall–Kier alpha value is -1.36. The minimum atomic E-state index is 0.102. The number of hydrogen-bond acceptors (Lipinski definition) is 2. The summed E-state index contributed by atoms with van der Waals surface area (Å²) in [6, 6.07) is 7.45. The average molecular weight is 351 g/mol. The minimum absolute atomic E-state index is 0.102. The average Bonchev–Trinajstić information content (AvgIpc) is 3.16. The van der Waals surface area contributed by atoms with Crippen LogP contribution in [-0.2, 0) is 4.79 Å². The van der Waals surface area contributed by atoms with E-state index in [4.69, 9.17) is 0 Å². The first kappa shape index (κ1) is 14.6. The van der Waals surface area contributed by atoms with Crippen LogP contribution < -0.4 is 4.90 Å². The molecule has 1 unspecified atom stereocenters. The largest absolute Gasteiger partial charge is 0.339 e. The molecule has 0 saturated carbocycles. The Labute approximate surface area is 133 Å². The highest BCUT2D eigenvalue weighted by Gasteiger charge is 2.30. The van der Waals surface area contributed by atoms with E-state index in [0.29, 0.717) is 17.9 Å². The van der Waals surface area contributed by atoms with Gasteiger partial charge in [-0.1, -0.05) is 15.9 Å². The van der Waals surface area contributed by atoms with Crippen molar-refractivity contribution in [3.63, 3.8) is 0 Å². The molecule has 1 atom stereocenters. The number of alkyl halides is 1.